The molecule has 32 heavy (non-hydrogen) atoms. The Morgan fingerprint density at radius 3 is 2.59 bits per heavy atom. The number of thiazole rings is 1. The summed E-state index contributed by atoms with van der Waals surface area (Å²) in [6, 6.07) is 12.1. The second kappa shape index (κ2) is 11.0. The molecule has 3 rings (SSSR count). The Balaban J connectivity index is 1.60. The first kappa shape index (κ1) is 22.9. The van der Waals surface area contributed by atoms with E-state index in [-0.39, 0.29) is 30.0 Å². The Bertz CT molecular complexity index is 1120. The van der Waals surface area contributed by atoms with E-state index in [1.807, 2.05) is 0 Å². The maximum Gasteiger partial charge on any atom is 0.311 e. The first-order valence-corrected chi connectivity index (χ1v) is 10.5. The summed E-state index contributed by atoms with van der Waals surface area (Å²) < 4.78 is 24.0. The van der Waals surface area contributed by atoms with Gasteiger partial charge in [0.1, 0.15) is 11.6 Å². The highest BCUT2D eigenvalue weighted by atomic mass is 32.1. The highest BCUT2D eigenvalue weighted by Crippen LogP contribution is 2.22. The standard InChI is InChI=1S/C22H20FN3O5S/c1-2-30-20(28)11-14-13-32-22(24-14)26-21(29)15-7-3-6-10-18(15)31-12-19(27)25-17-9-5-4-8-16(17)23/h3-10,13H,2,11-12H2,1H3,(H,25,27)(H,24,26,29). The Morgan fingerprint density at radius 1 is 1.06 bits per heavy atom. The number of esters is 1. The van der Waals surface area contributed by atoms with E-state index in [0.29, 0.717) is 10.8 Å². The molecule has 2 aromatic carbocycles. The van der Waals surface area contributed by atoms with Crippen molar-refractivity contribution in [2.45, 2.75) is 13.3 Å². The predicted molar refractivity (Wildman–Crippen MR) is 117 cm³/mol. The predicted octanol–water partition coefficient (Wildman–Crippen LogP) is 3.66. The van der Waals surface area contributed by atoms with E-state index >= 15 is 0 Å². The molecule has 0 radical (unpaired) electrons. The Kier molecular flexibility index (Phi) is 7.87. The monoisotopic (exact) mass is 457 g/mol. The number of aromatic nitrogens is 1. The third-order valence-corrected chi connectivity index (χ3v) is 4.85. The van der Waals surface area contributed by atoms with Crippen molar-refractivity contribution in [1.29, 1.82) is 0 Å². The zero-order valence-electron chi connectivity index (χ0n) is 17.1. The molecule has 0 atom stereocenters. The van der Waals surface area contributed by atoms with E-state index in [9.17, 15) is 18.8 Å². The zero-order chi connectivity index (χ0) is 22.9. The summed E-state index contributed by atoms with van der Waals surface area (Å²) in [6.07, 6.45) is 0.0109. The van der Waals surface area contributed by atoms with E-state index in [0.717, 1.165) is 0 Å². The van der Waals surface area contributed by atoms with Crippen LogP contribution in [0, 0.1) is 5.82 Å². The van der Waals surface area contributed by atoms with Crippen LogP contribution in [0.15, 0.2) is 53.9 Å². The van der Waals surface area contributed by atoms with Crippen LogP contribution in [0.4, 0.5) is 15.2 Å². The van der Waals surface area contributed by atoms with Gasteiger partial charge in [-0.25, -0.2) is 9.37 Å². The van der Waals surface area contributed by atoms with Crippen molar-refractivity contribution >= 4 is 39.9 Å². The number of halogens is 1. The van der Waals surface area contributed by atoms with Crippen LogP contribution in [0.5, 0.6) is 5.75 Å². The maximum atomic E-state index is 13.7. The number of hydrogen-bond acceptors (Lipinski definition) is 7. The summed E-state index contributed by atoms with van der Waals surface area (Å²) in [5.74, 6) is -1.85. The molecule has 0 unspecified atom stereocenters. The lowest BCUT2D eigenvalue weighted by molar-refractivity contribution is -0.142. The zero-order valence-corrected chi connectivity index (χ0v) is 17.9. The Hall–Kier alpha value is -3.79. The molecule has 0 saturated heterocycles. The summed E-state index contributed by atoms with van der Waals surface area (Å²) in [6.45, 7) is 1.58. The largest absolute Gasteiger partial charge is 0.483 e. The number of benzene rings is 2. The lowest BCUT2D eigenvalue weighted by Gasteiger charge is -2.11. The van der Waals surface area contributed by atoms with Crippen molar-refractivity contribution in [3.63, 3.8) is 0 Å². The summed E-state index contributed by atoms with van der Waals surface area (Å²) in [7, 11) is 0. The quantitative estimate of drug-likeness (QED) is 0.475. The fourth-order valence-corrected chi connectivity index (χ4v) is 3.35. The lowest BCUT2D eigenvalue weighted by Crippen LogP contribution is -2.22. The number of carbonyl (C=O) groups excluding carboxylic acids is 3. The molecule has 0 aliphatic rings. The van der Waals surface area contributed by atoms with E-state index < -0.39 is 30.2 Å². The Labute approximate surface area is 187 Å². The minimum absolute atomic E-state index is 0.0109. The molecule has 0 spiro atoms. The van der Waals surface area contributed by atoms with Gasteiger partial charge in [-0.2, -0.15) is 0 Å². The number of hydrogen-bond donors (Lipinski definition) is 2. The highest BCUT2D eigenvalue weighted by molar-refractivity contribution is 7.14. The number of ether oxygens (including phenoxy) is 2. The third-order valence-electron chi connectivity index (χ3n) is 4.04. The van der Waals surface area contributed by atoms with Crippen molar-refractivity contribution in [2.75, 3.05) is 23.8 Å². The van der Waals surface area contributed by atoms with E-state index in [4.69, 9.17) is 9.47 Å². The molecule has 1 aromatic heterocycles. The number of amides is 2. The highest BCUT2D eigenvalue weighted by Gasteiger charge is 2.16. The molecule has 0 fully saturated rings. The maximum absolute atomic E-state index is 13.7. The van der Waals surface area contributed by atoms with E-state index in [1.165, 1.54) is 35.6 Å². The first-order chi connectivity index (χ1) is 15.5. The van der Waals surface area contributed by atoms with E-state index in [1.54, 1.807) is 36.6 Å². The molecule has 1 heterocycles. The van der Waals surface area contributed by atoms with E-state index in [2.05, 4.69) is 15.6 Å². The Morgan fingerprint density at radius 2 is 1.81 bits per heavy atom. The number of nitrogens with zero attached hydrogens (tertiary/aromatic N) is 1. The van der Waals surface area contributed by atoms with Gasteiger partial charge in [-0.15, -0.1) is 11.3 Å². The van der Waals surface area contributed by atoms with Gasteiger partial charge in [0.15, 0.2) is 11.7 Å². The van der Waals surface area contributed by atoms with Gasteiger partial charge in [0.05, 0.1) is 30.0 Å². The van der Waals surface area contributed by atoms with Gasteiger partial charge in [0, 0.05) is 5.38 Å². The van der Waals surface area contributed by atoms with Crippen molar-refractivity contribution < 1.29 is 28.2 Å². The van der Waals surface area contributed by atoms with Crippen LogP contribution in [0.2, 0.25) is 0 Å². The molecule has 10 heteroatoms. The number of carbonyl (C=O) groups is 3. The first-order valence-electron chi connectivity index (χ1n) is 9.64. The van der Waals surface area contributed by atoms with Crippen molar-refractivity contribution in [3.8, 4) is 5.75 Å². The summed E-state index contributed by atoms with van der Waals surface area (Å²) >= 11 is 1.17. The number of anilines is 2. The topological polar surface area (TPSA) is 107 Å². The van der Waals surface area contributed by atoms with Crippen LogP contribution in [-0.4, -0.2) is 36.0 Å². The van der Waals surface area contributed by atoms with Crippen LogP contribution >= 0.6 is 11.3 Å². The van der Waals surface area contributed by atoms with Gasteiger partial charge in [0.25, 0.3) is 11.8 Å². The fourth-order valence-electron chi connectivity index (χ4n) is 2.64. The minimum Gasteiger partial charge on any atom is -0.483 e. The number of nitrogens with one attached hydrogen (secondary N) is 2. The van der Waals surface area contributed by atoms with Crippen LogP contribution in [-0.2, 0) is 20.7 Å². The van der Waals surface area contributed by atoms with Crippen LogP contribution in [0.1, 0.15) is 23.0 Å². The molecule has 166 valence electrons. The minimum atomic E-state index is -0.575. The summed E-state index contributed by atoms with van der Waals surface area (Å²) in [5, 5.41) is 7.02. The summed E-state index contributed by atoms with van der Waals surface area (Å²) in [4.78, 5) is 40.5. The average Bonchev–Trinajstić information content (AvgIpc) is 3.20. The molecule has 0 aliphatic heterocycles. The van der Waals surface area contributed by atoms with Gasteiger partial charge in [-0.3, -0.25) is 19.7 Å². The third kappa shape index (κ3) is 6.35. The van der Waals surface area contributed by atoms with Crippen molar-refractivity contribution in [1.82, 2.24) is 4.98 Å². The van der Waals surface area contributed by atoms with Gasteiger partial charge < -0.3 is 14.8 Å². The smallest absolute Gasteiger partial charge is 0.311 e. The molecular weight excluding hydrogens is 437 g/mol. The molecule has 3 aromatic rings. The van der Waals surface area contributed by atoms with Crippen LogP contribution < -0.4 is 15.4 Å². The molecule has 0 bridgehead atoms. The van der Waals surface area contributed by atoms with Gasteiger partial charge >= 0.3 is 5.97 Å². The number of para-hydroxylation sites is 2. The second-order valence-corrected chi connectivity index (χ2v) is 7.25. The lowest BCUT2D eigenvalue weighted by atomic mass is 10.2. The fraction of sp³-hybridized carbons (Fsp3) is 0.182. The normalized spacial score (nSPS) is 10.3. The molecular formula is C22H20FN3O5S. The molecule has 2 N–H and O–H groups in total. The van der Waals surface area contributed by atoms with Gasteiger partial charge in [-0.05, 0) is 31.2 Å². The number of rotatable bonds is 9. The molecule has 0 aliphatic carbocycles. The average molecular weight is 457 g/mol. The van der Waals surface area contributed by atoms with Crippen LogP contribution in [0.25, 0.3) is 0 Å². The molecule has 2 amide bonds. The van der Waals surface area contributed by atoms with Crippen molar-refractivity contribution in [2.24, 2.45) is 0 Å². The second-order valence-electron chi connectivity index (χ2n) is 6.39. The van der Waals surface area contributed by atoms with Gasteiger partial charge in [0.2, 0.25) is 0 Å². The SMILES string of the molecule is CCOC(=O)Cc1csc(NC(=O)c2ccccc2OCC(=O)Nc2ccccc2F)n1. The van der Waals surface area contributed by atoms with Gasteiger partial charge in [-0.1, -0.05) is 24.3 Å². The molecule has 0 saturated carbocycles. The summed E-state index contributed by atoms with van der Waals surface area (Å²) in [5.41, 5.74) is 0.709. The van der Waals surface area contributed by atoms with Crippen molar-refractivity contribution in [3.05, 3.63) is 71.0 Å². The van der Waals surface area contributed by atoms with Crippen LogP contribution in [0.3, 0.4) is 0 Å². The molecule has 8 nitrogen and oxygen atoms in total.